The van der Waals surface area contributed by atoms with Gasteiger partial charge in [0.2, 0.25) is 0 Å². The lowest BCUT2D eigenvalue weighted by molar-refractivity contribution is -0.138. The van der Waals surface area contributed by atoms with Crippen molar-refractivity contribution < 1.29 is 15.0 Å². The average molecular weight is 592 g/mol. The smallest absolute Gasteiger partial charge is 0.303 e. The van der Waals surface area contributed by atoms with Crippen LogP contribution in [0.5, 0.6) is 0 Å². The first kappa shape index (κ1) is 28.9. The van der Waals surface area contributed by atoms with Crippen molar-refractivity contribution in [2.75, 3.05) is 12.4 Å². The van der Waals surface area contributed by atoms with Crippen LogP contribution in [0.4, 0.5) is 0 Å². The van der Waals surface area contributed by atoms with Crippen molar-refractivity contribution in [1.82, 2.24) is 4.98 Å². The molecule has 0 aliphatic heterocycles. The van der Waals surface area contributed by atoms with Gasteiger partial charge in [0.15, 0.2) is 0 Å². The molecule has 2 N–H and O–H groups in total. The number of thiophene rings is 1. The summed E-state index contributed by atoms with van der Waals surface area (Å²) in [6.07, 6.45) is 8.17. The fraction of sp³-hybridized carbons (Fsp3) is 0.333. The highest BCUT2D eigenvalue weighted by molar-refractivity contribution is 7.99. The number of rotatable bonds is 13. The molecule has 2 heterocycles. The van der Waals surface area contributed by atoms with Crippen LogP contribution in [0.25, 0.3) is 22.4 Å². The third kappa shape index (κ3) is 7.16. The predicted molar refractivity (Wildman–Crippen MR) is 169 cm³/mol. The standard InChI is InChI=1S/C33H34ClNO3S2/c1-22(19-36)27-8-3-2-6-24(27)10-13-29(40-21-33(15-16-33)18-31(37)38)25-7-4-5-23(17-25)9-11-26-12-14-30-32(35-26)28(34)20-39-30/h2-9,11-12,14,17,20,22,29,36H,10,13,15-16,18-19,21H2,1H3,(H,37,38)/t22?,29-/m1/s1. The van der Waals surface area contributed by atoms with Crippen LogP contribution in [0.2, 0.25) is 5.02 Å². The summed E-state index contributed by atoms with van der Waals surface area (Å²) in [7, 11) is 0. The number of nitrogens with zero attached hydrogens (tertiary/aromatic N) is 1. The number of carboxylic acid groups (broad SMARTS) is 1. The average Bonchev–Trinajstić information content (AvgIpc) is 3.63. The number of carbonyl (C=O) groups is 1. The minimum Gasteiger partial charge on any atom is -0.481 e. The van der Waals surface area contributed by atoms with Crippen LogP contribution in [0, 0.1) is 5.41 Å². The molecule has 1 fully saturated rings. The Morgan fingerprint density at radius 2 is 1.98 bits per heavy atom. The number of halogens is 1. The summed E-state index contributed by atoms with van der Waals surface area (Å²) in [5.41, 5.74) is 6.45. The molecular formula is C33H34ClNO3S2. The summed E-state index contributed by atoms with van der Waals surface area (Å²) in [5, 5.41) is 22.0. The van der Waals surface area contributed by atoms with Gasteiger partial charge in [-0.05, 0) is 71.6 Å². The van der Waals surface area contributed by atoms with E-state index in [9.17, 15) is 15.0 Å². The Hall–Kier alpha value is -2.64. The molecule has 1 saturated carbocycles. The van der Waals surface area contributed by atoms with Crippen LogP contribution in [0.1, 0.15) is 71.7 Å². The van der Waals surface area contributed by atoms with E-state index >= 15 is 0 Å². The largest absolute Gasteiger partial charge is 0.481 e. The lowest BCUT2D eigenvalue weighted by Gasteiger charge is -2.22. The Labute approximate surface area is 249 Å². The van der Waals surface area contributed by atoms with E-state index in [0.29, 0.717) is 5.02 Å². The number of aryl methyl sites for hydroxylation is 1. The molecule has 1 unspecified atom stereocenters. The molecule has 2 aromatic carbocycles. The second-order valence-corrected chi connectivity index (χ2v) is 13.4. The topological polar surface area (TPSA) is 70.4 Å². The van der Waals surface area contributed by atoms with Crippen LogP contribution in [-0.4, -0.2) is 33.5 Å². The van der Waals surface area contributed by atoms with E-state index in [1.807, 2.05) is 35.4 Å². The van der Waals surface area contributed by atoms with Gasteiger partial charge in [-0.3, -0.25) is 4.79 Å². The van der Waals surface area contributed by atoms with Gasteiger partial charge in [-0.15, -0.1) is 11.3 Å². The minimum atomic E-state index is -0.704. The zero-order chi connectivity index (χ0) is 28.1. The van der Waals surface area contributed by atoms with Crippen molar-refractivity contribution in [3.05, 3.63) is 99.0 Å². The van der Waals surface area contributed by atoms with Crippen LogP contribution in [0.3, 0.4) is 0 Å². The van der Waals surface area contributed by atoms with Gasteiger partial charge >= 0.3 is 5.97 Å². The van der Waals surface area contributed by atoms with Gasteiger partial charge in [0.05, 0.1) is 21.8 Å². The van der Waals surface area contributed by atoms with Crippen molar-refractivity contribution in [2.24, 2.45) is 5.41 Å². The number of aliphatic carboxylic acids is 1. The molecule has 5 rings (SSSR count). The van der Waals surface area contributed by atoms with E-state index in [-0.39, 0.29) is 29.6 Å². The minimum absolute atomic E-state index is 0.0667. The SMILES string of the molecule is CC(CO)c1ccccc1CC[C@@H](SCC1(CC(=O)O)CC1)c1cccc(C=Cc2ccc3scc(Cl)c3n2)c1. The molecule has 2 aromatic heterocycles. The zero-order valence-corrected chi connectivity index (χ0v) is 24.9. The van der Waals surface area contributed by atoms with E-state index < -0.39 is 5.97 Å². The van der Waals surface area contributed by atoms with E-state index in [1.165, 1.54) is 16.7 Å². The molecule has 2 atom stereocenters. The molecule has 1 aliphatic carbocycles. The van der Waals surface area contributed by atoms with Crippen molar-refractivity contribution >= 4 is 63.0 Å². The van der Waals surface area contributed by atoms with Crippen LogP contribution < -0.4 is 0 Å². The molecule has 4 nitrogen and oxygen atoms in total. The molecular weight excluding hydrogens is 558 g/mol. The highest BCUT2D eigenvalue weighted by atomic mass is 35.5. The second-order valence-electron chi connectivity index (χ2n) is 10.9. The quantitative estimate of drug-likeness (QED) is 0.162. The normalized spacial score (nSPS) is 15.9. The first-order chi connectivity index (χ1) is 19.4. The van der Waals surface area contributed by atoms with Crippen molar-refractivity contribution in [3.8, 4) is 0 Å². The first-order valence-electron chi connectivity index (χ1n) is 13.7. The molecule has 0 radical (unpaired) electrons. The van der Waals surface area contributed by atoms with Crippen molar-refractivity contribution in [3.63, 3.8) is 0 Å². The van der Waals surface area contributed by atoms with Gasteiger partial charge in [-0.1, -0.05) is 73.1 Å². The molecule has 0 spiro atoms. The van der Waals surface area contributed by atoms with Crippen LogP contribution in [-0.2, 0) is 11.2 Å². The lowest BCUT2D eigenvalue weighted by atomic mass is 9.92. The fourth-order valence-corrected chi connectivity index (χ4v) is 7.82. The Kier molecular flexibility index (Phi) is 9.31. The Balaban J connectivity index is 1.36. The summed E-state index contributed by atoms with van der Waals surface area (Å²) in [6, 6.07) is 21.1. The monoisotopic (exact) mass is 591 g/mol. The third-order valence-corrected chi connectivity index (χ3v) is 10.8. The summed E-state index contributed by atoms with van der Waals surface area (Å²) in [5.74, 6) is 0.242. The van der Waals surface area contributed by atoms with E-state index in [1.54, 1.807) is 11.3 Å². The molecule has 0 amide bonds. The number of aliphatic hydroxyl groups is 1. The summed E-state index contributed by atoms with van der Waals surface area (Å²) in [6.45, 7) is 2.18. The number of hydrogen-bond acceptors (Lipinski definition) is 5. The molecule has 40 heavy (non-hydrogen) atoms. The highest BCUT2D eigenvalue weighted by Gasteiger charge is 2.44. The Morgan fingerprint density at radius 1 is 1.15 bits per heavy atom. The molecule has 4 aromatic rings. The van der Waals surface area contributed by atoms with E-state index in [4.69, 9.17) is 16.6 Å². The number of hydrogen-bond donors (Lipinski definition) is 2. The maximum Gasteiger partial charge on any atom is 0.303 e. The van der Waals surface area contributed by atoms with Crippen LogP contribution in [0.15, 0.2) is 66.0 Å². The molecule has 1 aliphatic rings. The zero-order valence-electron chi connectivity index (χ0n) is 22.6. The van der Waals surface area contributed by atoms with Gasteiger partial charge in [-0.2, -0.15) is 11.8 Å². The summed E-state index contributed by atoms with van der Waals surface area (Å²) < 4.78 is 1.08. The summed E-state index contributed by atoms with van der Waals surface area (Å²) in [4.78, 5) is 16.2. The predicted octanol–water partition coefficient (Wildman–Crippen LogP) is 8.88. The maximum absolute atomic E-state index is 11.5. The molecule has 0 bridgehead atoms. The van der Waals surface area contributed by atoms with Gasteiger partial charge < -0.3 is 10.2 Å². The summed E-state index contributed by atoms with van der Waals surface area (Å²) >= 11 is 9.78. The molecule has 208 valence electrons. The van der Waals surface area contributed by atoms with Crippen LogP contribution >= 0.6 is 34.7 Å². The highest BCUT2D eigenvalue weighted by Crippen LogP contribution is 2.53. The van der Waals surface area contributed by atoms with Gasteiger partial charge in [0, 0.05) is 28.9 Å². The number of fused-ring (bicyclic) bond motifs is 1. The number of carboxylic acids is 1. The van der Waals surface area contributed by atoms with Gasteiger partial charge in [0.1, 0.15) is 5.52 Å². The number of aliphatic hydroxyl groups excluding tert-OH is 1. The first-order valence-corrected chi connectivity index (χ1v) is 16.0. The van der Waals surface area contributed by atoms with Gasteiger partial charge in [-0.25, -0.2) is 4.98 Å². The second kappa shape index (κ2) is 12.9. The van der Waals surface area contributed by atoms with Crippen molar-refractivity contribution in [2.45, 2.75) is 50.2 Å². The van der Waals surface area contributed by atoms with E-state index in [2.05, 4.69) is 61.5 Å². The van der Waals surface area contributed by atoms with E-state index in [0.717, 1.165) is 52.9 Å². The van der Waals surface area contributed by atoms with Gasteiger partial charge in [0.25, 0.3) is 0 Å². The number of thioether (sulfide) groups is 1. The fourth-order valence-electron chi connectivity index (χ4n) is 5.16. The Morgan fingerprint density at radius 3 is 2.75 bits per heavy atom. The number of benzene rings is 2. The number of pyridine rings is 1. The lowest BCUT2D eigenvalue weighted by Crippen LogP contribution is -2.12. The maximum atomic E-state index is 11.5. The molecule has 0 saturated heterocycles. The molecule has 7 heteroatoms. The third-order valence-electron chi connectivity index (χ3n) is 7.73. The number of aromatic nitrogens is 1. The van der Waals surface area contributed by atoms with Crippen molar-refractivity contribution in [1.29, 1.82) is 0 Å². The Bertz CT molecular complexity index is 1510.